The van der Waals surface area contributed by atoms with E-state index in [0.717, 1.165) is 20.3 Å². The Morgan fingerprint density at radius 3 is 2.79 bits per heavy atom. The molecule has 28 heavy (non-hydrogen) atoms. The molecule has 0 saturated heterocycles. The van der Waals surface area contributed by atoms with E-state index in [2.05, 4.69) is 26.4 Å². The van der Waals surface area contributed by atoms with Crippen molar-refractivity contribution in [3.05, 3.63) is 64.5 Å². The van der Waals surface area contributed by atoms with Crippen LogP contribution < -0.4 is 0 Å². The number of hydrogen-bond donors (Lipinski definition) is 0. The van der Waals surface area contributed by atoms with Crippen LogP contribution in [0.25, 0.3) is 26.6 Å². The fourth-order valence-electron chi connectivity index (χ4n) is 2.74. The molecule has 0 N–H and O–H groups in total. The van der Waals surface area contributed by atoms with Crippen LogP contribution in [0.5, 0.6) is 0 Å². The first-order chi connectivity index (χ1) is 13.7. The summed E-state index contributed by atoms with van der Waals surface area (Å²) < 4.78 is 8.46. The number of rotatable bonds is 5. The van der Waals surface area contributed by atoms with Gasteiger partial charge in [-0.1, -0.05) is 40.4 Å². The fraction of sp³-hybridized carbons (Fsp3) is 0.0588. The molecule has 0 unspecified atom stereocenters. The van der Waals surface area contributed by atoms with Crippen molar-refractivity contribution in [2.75, 3.05) is 0 Å². The number of nitrogens with zero attached hydrogens (tertiary/aromatic N) is 6. The van der Waals surface area contributed by atoms with Crippen LogP contribution in [0.2, 0.25) is 0 Å². The number of non-ortho nitro benzene ring substituents is 1. The molecule has 0 aliphatic carbocycles. The second-order valence-electron chi connectivity index (χ2n) is 5.77. The normalized spacial score (nSPS) is 11.4. The van der Waals surface area contributed by atoms with Gasteiger partial charge in [-0.25, -0.2) is 0 Å². The first-order valence-corrected chi connectivity index (χ1v) is 9.92. The Balaban J connectivity index is 1.36. The molecule has 0 saturated carbocycles. The maximum atomic E-state index is 10.7. The molecule has 0 aliphatic rings. The highest BCUT2D eigenvalue weighted by atomic mass is 32.2. The van der Waals surface area contributed by atoms with Gasteiger partial charge in [0.05, 0.1) is 20.9 Å². The first kappa shape index (κ1) is 16.8. The fourth-order valence-corrected chi connectivity index (χ4v) is 4.54. The zero-order chi connectivity index (χ0) is 19.1. The van der Waals surface area contributed by atoms with Crippen molar-refractivity contribution in [3.8, 4) is 11.4 Å². The molecule has 0 aliphatic heterocycles. The number of nitro groups is 1. The van der Waals surface area contributed by atoms with Gasteiger partial charge < -0.3 is 4.52 Å². The average molecular weight is 410 g/mol. The number of thioether (sulfide) groups is 1. The largest absolute Gasteiger partial charge is 0.338 e. The maximum absolute atomic E-state index is 10.7. The van der Waals surface area contributed by atoms with Crippen molar-refractivity contribution in [1.82, 2.24) is 24.7 Å². The zero-order valence-electron chi connectivity index (χ0n) is 14.1. The Bertz CT molecular complexity index is 1310. The van der Waals surface area contributed by atoms with Crippen LogP contribution in [0.1, 0.15) is 5.89 Å². The van der Waals surface area contributed by atoms with Gasteiger partial charge >= 0.3 is 0 Å². The van der Waals surface area contributed by atoms with Crippen LogP contribution in [0, 0.1) is 10.1 Å². The van der Waals surface area contributed by atoms with Crippen LogP contribution in [0.15, 0.2) is 58.2 Å². The molecule has 3 aromatic heterocycles. The lowest BCUT2D eigenvalue weighted by atomic mass is 10.2. The van der Waals surface area contributed by atoms with Crippen LogP contribution in [-0.4, -0.2) is 29.7 Å². The molecule has 0 amide bonds. The molecule has 0 spiro atoms. The van der Waals surface area contributed by atoms with Crippen molar-refractivity contribution < 1.29 is 9.45 Å². The Morgan fingerprint density at radius 2 is 1.96 bits per heavy atom. The summed E-state index contributed by atoms with van der Waals surface area (Å²) in [6.07, 6.45) is 0. The predicted molar refractivity (Wildman–Crippen MR) is 104 cm³/mol. The number of hydrogen-bond acceptors (Lipinski definition) is 9. The molecule has 138 valence electrons. The Hall–Kier alpha value is -3.31. The minimum Gasteiger partial charge on any atom is -0.338 e. The molecular weight excluding hydrogens is 400 g/mol. The third-order valence-electron chi connectivity index (χ3n) is 4.04. The highest BCUT2D eigenvalue weighted by Gasteiger charge is 2.15. The first-order valence-electron chi connectivity index (χ1n) is 8.12. The molecule has 0 atom stereocenters. The molecule has 9 nitrogen and oxygen atoms in total. The molecule has 2 aromatic carbocycles. The molecule has 11 heteroatoms. The Kier molecular flexibility index (Phi) is 4.02. The summed E-state index contributed by atoms with van der Waals surface area (Å²) in [7, 11) is 0. The van der Waals surface area contributed by atoms with Crippen LogP contribution >= 0.6 is 23.1 Å². The molecule has 0 radical (unpaired) electrons. The number of benzene rings is 2. The maximum Gasteiger partial charge on any atom is 0.269 e. The Morgan fingerprint density at radius 1 is 1.14 bits per heavy atom. The highest BCUT2D eigenvalue weighted by Crippen LogP contribution is 2.30. The third-order valence-corrected chi connectivity index (χ3v) is 5.97. The van der Waals surface area contributed by atoms with Gasteiger partial charge in [-0.2, -0.15) is 4.98 Å². The standard InChI is InChI=1S/C17H10N6O3S2/c24-23(25)11-7-5-10(6-8-11)15-18-14(26-21-15)9-27-16-19-20-17-22(16)12-3-1-2-4-13(12)28-17/h1-8H,9H2. The lowest BCUT2D eigenvalue weighted by molar-refractivity contribution is -0.384. The van der Waals surface area contributed by atoms with Gasteiger partial charge in [-0.3, -0.25) is 14.5 Å². The number of para-hydroxylation sites is 1. The van der Waals surface area contributed by atoms with E-state index in [4.69, 9.17) is 4.52 Å². The van der Waals surface area contributed by atoms with E-state index in [-0.39, 0.29) is 5.69 Å². The summed E-state index contributed by atoms with van der Waals surface area (Å²) >= 11 is 3.04. The minimum absolute atomic E-state index is 0.0156. The summed E-state index contributed by atoms with van der Waals surface area (Å²) in [6.45, 7) is 0. The van der Waals surface area contributed by atoms with Gasteiger partial charge in [0.2, 0.25) is 16.7 Å². The van der Waals surface area contributed by atoms with E-state index >= 15 is 0 Å². The number of nitro benzene ring substituents is 1. The third kappa shape index (κ3) is 2.90. The summed E-state index contributed by atoms with van der Waals surface area (Å²) in [4.78, 5) is 15.5. The van der Waals surface area contributed by atoms with E-state index in [1.807, 2.05) is 22.6 Å². The van der Waals surface area contributed by atoms with E-state index in [9.17, 15) is 10.1 Å². The second-order valence-corrected chi connectivity index (χ2v) is 7.73. The molecule has 5 aromatic rings. The van der Waals surface area contributed by atoms with Gasteiger partial charge in [-0.15, -0.1) is 10.2 Å². The summed E-state index contributed by atoms with van der Waals surface area (Å²) in [5, 5.41) is 23.9. The van der Waals surface area contributed by atoms with Gasteiger partial charge in [0.25, 0.3) is 5.69 Å². The lowest BCUT2D eigenvalue weighted by Gasteiger charge is -1.96. The van der Waals surface area contributed by atoms with Crippen molar-refractivity contribution in [1.29, 1.82) is 0 Å². The van der Waals surface area contributed by atoms with Gasteiger partial charge in [0.1, 0.15) is 0 Å². The monoisotopic (exact) mass is 410 g/mol. The predicted octanol–water partition coefficient (Wildman–Crippen LogP) is 4.19. The summed E-state index contributed by atoms with van der Waals surface area (Å²) in [5.74, 6) is 1.26. The van der Waals surface area contributed by atoms with Gasteiger partial charge in [0, 0.05) is 17.7 Å². The van der Waals surface area contributed by atoms with Crippen molar-refractivity contribution in [2.45, 2.75) is 10.9 Å². The quantitative estimate of drug-likeness (QED) is 0.241. The number of aromatic nitrogens is 5. The van der Waals surface area contributed by atoms with E-state index < -0.39 is 4.92 Å². The molecular formula is C17H10N6O3S2. The number of fused-ring (bicyclic) bond motifs is 3. The van der Waals surface area contributed by atoms with Crippen LogP contribution in [-0.2, 0) is 5.75 Å². The van der Waals surface area contributed by atoms with E-state index in [1.165, 1.54) is 23.9 Å². The molecule has 0 fully saturated rings. The van der Waals surface area contributed by atoms with Crippen molar-refractivity contribution >= 4 is 44.0 Å². The van der Waals surface area contributed by atoms with Crippen molar-refractivity contribution in [3.63, 3.8) is 0 Å². The van der Waals surface area contributed by atoms with E-state index in [0.29, 0.717) is 23.0 Å². The number of thiazole rings is 1. The topological polar surface area (TPSA) is 112 Å². The van der Waals surface area contributed by atoms with Crippen molar-refractivity contribution in [2.24, 2.45) is 0 Å². The summed E-state index contributed by atoms with van der Waals surface area (Å²) in [6, 6.07) is 14.1. The SMILES string of the molecule is O=[N+]([O-])c1ccc(-c2noc(CSc3nnc4sc5ccccc5n34)n2)cc1. The molecule has 3 heterocycles. The van der Waals surface area contributed by atoms with Crippen LogP contribution in [0.4, 0.5) is 5.69 Å². The average Bonchev–Trinajstić information content (AvgIpc) is 3.42. The lowest BCUT2D eigenvalue weighted by Crippen LogP contribution is -1.89. The smallest absolute Gasteiger partial charge is 0.269 e. The zero-order valence-corrected chi connectivity index (χ0v) is 15.7. The van der Waals surface area contributed by atoms with Gasteiger partial charge in [0.15, 0.2) is 5.16 Å². The minimum atomic E-state index is -0.449. The molecule has 0 bridgehead atoms. The van der Waals surface area contributed by atoms with E-state index in [1.54, 1.807) is 23.5 Å². The highest BCUT2D eigenvalue weighted by molar-refractivity contribution is 7.98. The van der Waals surface area contributed by atoms with Crippen LogP contribution in [0.3, 0.4) is 0 Å². The Labute approximate surface area is 165 Å². The molecule has 5 rings (SSSR count). The second kappa shape index (κ2) is 6.69. The van der Waals surface area contributed by atoms with Gasteiger partial charge in [-0.05, 0) is 24.3 Å². The summed E-state index contributed by atoms with van der Waals surface area (Å²) in [5.41, 5.74) is 1.73.